The first-order valence-corrected chi connectivity index (χ1v) is 9.29. The Morgan fingerprint density at radius 3 is 2.29 bits per heavy atom. The average molecular weight is 334 g/mol. The van der Waals surface area contributed by atoms with Crippen LogP contribution in [-0.2, 0) is 19.1 Å². The van der Waals surface area contributed by atoms with Gasteiger partial charge in [0, 0.05) is 0 Å². The van der Waals surface area contributed by atoms with Gasteiger partial charge in [0.1, 0.15) is 0 Å². The molecule has 2 aliphatic carbocycles. The van der Waals surface area contributed by atoms with Crippen LogP contribution in [0.25, 0.3) is 0 Å². The normalized spacial score (nSPS) is 24.7. The first-order valence-electron chi connectivity index (χ1n) is 9.29. The van der Waals surface area contributed by atoms with Crippen LogP contribution in [0.3, 0.4) is 0 Å². The average Bonchev–Trinajstić information content (AvgIpc) is 2.71. The third-order valence-corrected chi connectivity index (χ3v) is 5.01. The molecule has 0 spiro atoms. The summed E-state index contributed by atoms with van der Waals surface area (Å²) in [4.78, 5) is 25.3. The van der Waals surface area contributed by atoms with Crippen molar-refractivity contribution in [1.29, 1.82) is 0 Å². The third-order valence-electron chi connectivity index (χ3n) is 5.01. The van der Waals surface area contributed by atoms with Crippen molar-refractivity contribution >= 4 is 11.9 Å². The molecule has 0 aromatic carbocycles. The predicted octanol–water partition coefficient (Wildman–Crippen LogP) is 4.20. The van der Waals surface area contributed by atoms with E-state index < -0.39 is 17.4 Å². The van der Waals surface area contributed by atoms with Crippen LogP contribution in [0.5, 0.6) is 0 Å². The van der Waals surface area contributed by atoms with Crippen molar-refractivity contribution < 1.29 is 19.1 Å². The molecule has 4 heteroatoms. The van der Waals surface area contributed by atoms with Gasteiger partial charge in [-0.3, -0.25) is 9.59 Å². The fourth-order valence-corrected chi connectivity index (χ4v) is 3.93. The summed E-state index contributed by atoms with van der Waals surface area (Å²) in [5.41, 5.74) is 0.175. The molecule has 1 fully saturated rings. The molecule has 0 N–H and O–H groups in total. The zero-order valence-electron chi connectivity index (χ0n) is 15.2. The van der Waals surface area contributed by atoms with Gasteiger partial charge in [-0.15, -0.1) is 0 Å². The van der Waals surface area contributed by atoms with Gasteiger partial charge in [-0.05, 0) is 57.8 Å². The summed E-state index contributed by atoms with van der Waals surface area (Å²) in [5, 5.41) is 0. The third kappa shape index (κ3) is 4.08. The monoisotopic (exact) mass is 334 g/mol. The first-order chi connectivity index (χ1) is 11.6. The Morgan fingerprint density at radius 1 is 1.08 bits per heavy atom. The number of rotatable bonds is 7. The number of allylic oxidation sites excluding steroid dienone is 4. The molecule has 0 heterocycles. The first kappa shape index (κ1) is 18.8. The van der Waals surface area contributed by atoms with E-state index >= 15 is 0 Å². The van der Waals surface area contributed by atoms with E-state index in [9.17, 15) is 9.59 Å². The van der Waals surface area contributed by atoms with Gasteiger partial charge in [0.25, 0.3) is 0 Å². The molecular weight excluding hydrogens is 304 g/mol. The molecule has 0 aromatic rings. The molecular formula is C20H30O4. The van der Waals surface area contributed by atoms with E-state index in [1.807, 2.05) is 0 Å². The van der Waals surface area contributed by atoms with Gasteiger partial charge in [0.05, 0.1) is 13.2 Å². The summed E-state index contributed by atoms with van der Waals surface area (Å²) in [5.74, 6) is -0.402. The van der Waals surface area contributed by atoms with Crippen LogP contribution in [0.2, 0.25) is 0 Å². The van der Waals surface area contributed by atoms with Crippen LogP contribution < -0.4 is 0 Å². The number of hydrogen-bond acceptors (Lipinski definition) is 4. The molecule has 1 saturated carbocycles. The van der Waals surface area contributed by atoms with Crippen LogP contribution in [0, 0.1) is 17.3 Å². The number of esters is 2. The van der Waals surface area contributed by atoms with Crippen LogP contribution in [0.15, 0.2) is 23.8 Å². The Hall–Kier alpha value is -1.58. The van der Waals surface area contributed by atoms with Crippen LogP contribution >= 0.6 is 0 Å². The quantitative estimate of drug-likeness (QED) is 0.517. The van der Waals surface area contributed by atoms with Crippen LogP contribution in [0.1, 0.15) is 59.3 Å². The van der Waals surface area contributed by atoms with Crippen LogP contribution in [-0.4, -0.2) is 25.2 Å². The molecule has 0 saturated heterocycles. The summed E-state index contributed by atoms with van der Waals surface area (Å²) in [6.45, 7) is 6.29. The maximum absolute atomic E-state index is 12.7. The van der Waals surface area contributed by atoms with E-state index in [1.165, 1.54) is 5.57 Å². The van der Waals surface area contributed by atoms with E-state index in [1.54, 1.807) is 13.8 Å². The zero-order valence-corrected chi connectivity index (χ0v) is 15.2. The number of carbonyl (C=O) groups is 2. The Labute approximate surface area is 145 Å². The van der Waals surface area contributed by atoms with Crippen molar-refractivity contribution in [2.75, 3.05) is 13.2 Å². The highest BCUT2D eigenvalue weighted by Crippen LogP contribution is 2.47. The van der Waals surface area contributed by atoms with Crippen molar-refractivity contribution in [2.24, 2.45) is 17.3 Å². The second-order valence-electron chi connectivity index (χ2n) is 6.89. The molecule has 2 aliphatic rings. The standard InChI is InChI=1S/C20H30O4/c1-4-7-8-15-9-10-16-12-17(11-15)14-20(13-16,18(21)23-5-2)19(22)24-6-3/h9-11,16-17H,4-8,12-14H2,1-3H3. The van der Waals surface area contributed by atoms with E-state index in [0.717, 1.165) is 25.7 Å². The van der Waals surface area contributed by atoms with E-state index in [4.69, 9.17) is 9.47 Å². The Morgan fingerprint density at radius 2 is 1.71 bits per heavy atom. The maximum atomic E-state index is 12.7. The highest BCUT2D eigenvalue weighted by atomic mass is 16.6. The summed E-state index contributed by atoms with van der Waals surface area (Å²) < 4.78 is 10.5. The van der Waals surface area contributed by atoms with Gasteiger partial charge in [0.15, 0.2) is 5.41 Å². The van der Waals surface area contributed by atoms with Crippen molar-refractivity contribution in [3.05, 3.63) is 23.8 Å². The lowest BCUT2D eigenvalue weighted by molar-refractivity contribution is -0.176. The smallest absolute Gasteiger partial charge is 0.323 e. The molecule has 2 unspecified atom stereocenters. The summed E-state index contributed by atoms with van der Waals surface area (Å²) in [6, 6.07) is 0. The molecule has 2 bridgehead atoms. The lowest BCUT2D eigenvalue weighted by atomic mass is 9.65. The van der Waals surface area contributed by atoms with Gasteiger partial charge < -0.3 is 9.47 Å². The lowest BCUT2D eigenvalue weighted by Gasteiger charge is -2.38. The van der Waals surface area contributed by atoms with E-state index in [2.05, 4.69) is 25.2 Å². The largest absolute Gasteiger partial charge is 0.465 e. The van der Waals surface area contributed by atoms with Gasteiger partial charge in [-0.2, -0.15) is 0 Å². The molecule has 0 aromatic heterocycles. The summed E-state index contributed by atoms with van der Waals surface area (Å²) in [7, 11) is 0. The van der Waals surface area contributed by atoms with Gasteiger partial charge in [-0.25, -0.2) is 0 Å². The number of unbranched alkanes of at least 4 members (excludes halogenated alkanes) is 1. The molecule has 134 valence electrons. The number of hydrogen-bond donors (Lipinski definition) is 0. The predicted molar refractivity (Wildman–Crippen MR) is 93.3 cm³/mol. The number of ether oxygens (including phenoxy) is 2. The highest BCUT2D eigenvalue weighted by Gasteiger charge is 2.53. The molecule has 0 aliphatic heterocycles. The minimum absolute atomic E-state index is 0.216. The Kier molecular flexibility index (Phi) is 6.64. The molecule has 0 radical (unpaired) electrons. The van der Waals surface area contributed by atoms with Crippen molar-refractivity contribution in [2.45, 2.75) is 59.3 Å². The van der Waals surface area contributed by atoms with Crippen LogP contribution in [0.4, 0.5) is 0 Å². The van der Waals surface area contributed by atoms with E-state index in [0.29, 0.717) is 12.8 Å². The highest BCUT2D eigenvalue weighted by molar-refractivity contribution is 6.00. The fraction of sp³-hybridized carbons (Fsp3) is 0.700. The number of fused-ring (bicyclic) bond motifs is 2. The zero-order chi connectivity index (χ0) is 17.6. The molecule has 24 heavy (non-hydrogen) atoms. The molecule has 2 atom stereocenters. The molecule has 0 amide bonds. The minimum Gasteiger partial charge on any atom is -0.465 e. The molecule has 4 nitrogen and oxygen atoms in total. The Bertz CT molecular complexity index is 500. The maximum Gasteiger partial charge on any atom is 0.323 e. The van der Waals surface area contributed by atoms with Crippen molar-refractivity contribution in [1.82, 2.24) is 0 Å². The lowest BCUT2D eigenvalue weighted by Crippen LogP contribution is -2.47. The second kappa shape index (κ2) is 8.50. The van der Waals surface area contributed by atoms with Gasteiger partial charge in [-0.1, -0.05) is 37.1 Å². The second-order valence-corrected chi connectivity index (χ2v) is 6.89. The topological polar surface area (TPSA) is 52.6 Å². The fourth-order valence-electron chi connectivity index (χ4n) is 3.93. The SMILES string of the molecule is CCCCC1=CC2CC(C=C1)CC(C(=O)OCC)(C(=O)OCC)C2. The van der Waals surface area contributed by atoms with Crippen molar-refractivity contribution in [3.63, 3.8) is 0 Å². The number of carbonyl (C=O) groups excluding carboxylic acids is 2. The Balaban J connectivity index is 2.28. The van der Waals surface area contributed by atoms with E-state index in [-0.39, 0.29) is 25.0 Å². The van der Waals surface area contributed by atoms with Gasteiger partial charge >= 0.3 is 11.9 Å². The van der Waals surface area contributed by atoms with Gasteiger partial charge in [0.2, 0.25) is 0 Å². The van der Waals surface area contributed by atoms with Crippen molar-refractivity contribution in [3.8, 4) is 0 Å². The minimum atomic E-state index is -1.15. The summed E-state index contributed by atoms with van der Waals surface area (Å²) >= 11 is 0. The summed E-state index contributed by atoms with van der Waals surface area (Å²) in [6.07, 6.45) is 12.0. The molecule has 2 rings (SSSR count).